The molecule has 0 aromatic carbocycles. The summed E-state index contributed by atoms with van der Waals surface area (Å²) < 4.78 is 5.26. The van der Waals surface area contributed by atoms with Gasteiger partial charge in [0.2, 0.25) is 5.95 Å². The van der Waals surface area contributed by atoms with E-state index in [0.717, 1.165) is 22.2 Å². The summed E-state index contributed by atoms with van der Waals surface area (Å²) in [5.74, 6) is 2.39. The van der Waals surface area contributed by atoms with Crippen molar-refractivity contribution in [2.45, 2.75) is 17.7 Å². The summed E-state index contributed by atoms with van der Waals surface area (Å²) in [6.07, 6.45) is 1.68. The van der Waals surface area contributed by atoms with Crippen molar-refractivity contribution in [2.75, 3.05) is 12.4 Å². The van der Waals surface area contributed by atoms with Gasteiger partial charge in [-0.05, 0) is 25.1 Å². The molecule has 0 fully saturated rings. The molecule has 16 heavy (non-hydrogen) atoms. The lowest BCUT2D eigenvalue weighted by molar-refractivity contribution is 0.530. The second-order valence-electron chi connectivity index (χ2n) is 3.29. The lowest BCUT2D eigenvalue weighted by Crippen LogP contribution is -1.98. The van der Waals surface area contributed by atoms with Crippen molar-refractivity contribution in [1.29, 1.82) is 0 Å². The van der Waals surface area contributed by atoms with Gasteiger partial charge >= 0.3 is 0 Å². The minimum atomic E-state index is 0.655. The molecule has 0 radical (unpaired) electrons. The molecule has 84 valence electrons. The Morgan fingerprint density at radius 1 is 1.44 bits per heavy atom. The van der Waals surface area contributed by atoms with Crippen LogP contribution in [-0.4, -0.2) is 17.0 Å². The molecule has 4 nitrogen and oxygen atoms in total. The van der Waals surface area contributed by atoms with E-state index in [2.05, 4.69) is 15.3 Å². The van der Waals surface area contributed by atoms with Gasteiger partial charge < -0.3 is 9.73 Å². The minimum absolute atomic E-state index is 0.655. The standard InChI is InChI=1S/C11H13N3OS/c1-8-6-10(14-11(12-2)13-8)16-7-9-4-3-5-15-9/h3-6H,7H2,1-2H3,(H,12,13,14). The molecule has 2 aromatic heterocycles. The third-order valence-electron chi connectivity index (χ3n) is 2.00. The Kier molecular flexibility index (Phi) is 3.46. The van der Waals surface area contributed by atoms with Gasteiger partial charge in [-0.1, -0.05) is 11.8 Å². The summed E-state index contributed by atoms with van der Waals surface area (Å²) in [4.78, 5) is 8.59. The van der Waals surface area contributed by atoms with Crippen molar-refractivity contribution < 1.29 is 4.42 Å². The number of aromatic nitrogens is 2. The van der Waals surface area contributed by atoms with E-state index in [0.29, 0.717) is 5.95 Å². The molecule has 0 aliphatic carbocycles. The van der Waals surface area contributed by atoms with Gasteiger partial charge in [-0.2, -0.15) is 0 Å². The number of anilines is 1. The first-order valence-corrected chi connectivity index (χ1v) is 5.95. The van der Waals surface area contributed by atoms with E-state index >= 15 is 0 Å². The first-order chi connectivity index (χ1) is 7.78. The highest BCUT2D eigenvalue weighted by Crippen LogP contribution is 2.22. The number of hydrogen-bond donors (Lipinski definition) is 1. The van der Waals surface area contributed by atoms with Crippen LogP contribution in [0.2, 0.25) is 0 Å². The van der Waals surface area contributed by atoms with Crippen LogP contribution in [0.25, 0.3) is 0 Å². The van der Waals surface area contributed by atoms with Gasteiger partial charge in [-0.25, -0.2) is 9.97 Å². The van der Waals surface area contributed by atoms with Crippen LogP contribution >= 0.6 is 11.8 Å². The normalized spacial score (nSPS) is 10.4. The van der Waals surface area contributed by atoms with Gasteiger partial charge in [0, 0.05) is 12.7 Å². The molecule has 0 bridgehead atoms. The van der Waals surface area contributed by atoms with E-state index < -0.39 is 0 Å². The van der Waals surface area contributed by atoms with Crippen LogP contribution in [0, 0.1) is 6.92 Å². The van der Waals surface area contributed by atoms with Crippen molar-refractivity contribution in [3.8, 4) is 0 Å². The molecule has 0 unspecified atom stereocenters. The van der Waals surface area contributed by atoms with Gasteiger partial charge in [-0.15, -0.1) is 0 Å². The smallest absolute Gasteiger partial charge is 0.223 e. The molecule has 0 amide bonds. The molecule has 2 rings (SSSR count). The summed E-state index contributed by atoms with van der Waals surface area (Å²) in [5.41, 5.74) is 0.960. The fourth-order valence-electron chi connectivity index (χ4n) is 1.27. The lowest BCUT2D eigenvalue weighted by atomic mass is 10.5. The van der Waals surface area contributed by atoms with Crippen LogP contribution in [-0.2, 0) is 5.75 Å². The Bertz CT molecular complexity index is 456. The highest BCUT2D eigenvalue weighted by molar-refractivity contribution is 7.98. The predicted molar refractivity (Wildman–Crippen MR) is 64.6 cm³/mol. The first-order valence-electron chi connectivity index (χ1n) is 4.96. The second kappa shape index (κ2) is 5.03. The topological polar surface area (TPSA) is 51.0 Å². The number of thioether (sulfide) groups is 1. The Morgan fingerprint density at radius 2 is 2.31 bits per heavy atom. The van der Waals surface area contributed by atoms with Crippen molar-refractivity contribution in [2.24, 2.45) is 0 Å². The fourth-order valence-corrected chi connectivity index (χ4v) is 2.12. The number of nitrogens with zero attached hydrogens (tertiary/aromatic N) is 2. The quantitative estimate of drug-likeness (QED) is 0.652. The zero-order valence-electron chi connectivity index (χ0n) is 9.23. The SMILES string of the molecule is CNc1nc(C)cc(SCc2ccco2)n1. The maximum absolute atomic E-state index is 5.26. The van der Waals surface area contributed by atoms with Gasteiger partial charge in [0.15, 0.2) is 0 Å². The fraction of sp³-hybridized carbons (Fsp3) is 0.273. The first kappa shape index (κ1) is 11.0. The number of aryl methyl sites for hydroxylation is 1. The third-order valence-corrected chi connectivity index (χ3v) is 2.93. The van der Waals surface area contributed by atoms with Crippen LogP contribution in [0.1, 0.15) is 11.5 Å². The molecule has 0 atom stereocenters. The number of furan rings is 1. The summed E-state index contributed by atoms with van der Waals surface area (Å²) in [6.45, 7) is 1.96. The van der Waals surface area contributed by atoms with Crippen molar-refractivity contribution in [3.63, 3.8) is 0 Å². The molecule has 0 aliphatic rings. The Balaban J connectivity index is 2.06. The predicted octanol–water partition coefficient (Wildman–Crippen LogP) is 2.71. The number of rotatable bonds is 4. The van der Waals surface area contributed by atoms with Crippen LogP contribution < -0.4 is 5.32 Å². The average molecular weight is 235 g/mol. The minimum Gasteiger partial charge on any atom is -0.468 e. The van der Waals surface area contributed by atoms with Gasteiger partial charge in [0.1, 0.15) is 10.8 Å². The third kappa shape index (κ3) is 2.76. The largest absolute Gasteiger partial charge is 0.468 e. The summed E-state index contributed by atoms with van der Waals surface area (Å²) in [6, 6.07) is 5.81. The molecule has 0 saturated heterocycles. The molecule has 1 N–H and O–H groups in total. The summed E-state index contributed by atoms with van der Waals surface area (Å²) in [7, 11) is 1.82. The highest BCUT2D eigenvalue weighted by Gasteiger charge is 2.03. The van der Waals surface area contributed by atoms with E-state index in [1.54, 1.807) is 18.0 Å². The van der Waals surface area contributed by atoms with Crippen LogP contribution in [0.15, 0.2) is 33.9 Å². The number of hydrogen-bond acceptors (Lipinski definition) is 5. The van der Waals surface area contributed by atoms with Crippen molar-refractivity contribution in [1.82, 2.24) is 9.97 Å². The monoisotopic (exact) mass is 235 g/mol. The molecular formula is C11H13N3OS. The van der Waals surface area contributed by atoms with Crippen LogP contribution in [0.4, 0.5) is 5.95 Å². The Hall–Kier alpha value is -1.49. The zero-order valence-corrected chi connectivity index (χ0v) is 10.0. The molecule has 0 spiro atoms. The molecule has 0 saturated carbocycles. The lowest BCUT2D eigenvalue weighted by Gasteiger charge is -2.03. The van der Waals surface area contributed by atoms with Crippen LogP contribution in [0.3, 0.4) is 0 Å². The van der Waals surface area contributed by atoms with Crippen LogP contribution in [0.5, 0.6) is 0 Å². The van der Waals surface area contributed by atoms with Gasteiger partial charge in [0.05, 0.1) is 12.0 Å². The second-order valence-corrected chi connectivity index (χ2v) is 4.28. The van der Waals surface area contributed by atoms with E-state index in [1.165, 1.54) is 0 Å². The van der Waals surface area contributed by atoms with E-state index in [9.17, 15) is 0 Å². The highest BCUT2D eigenvalue weighted by atomic mass is 32.2. The molecular weight excluding hydrogens is 222 g/mol. The van der Waals surface area contributed by atoms with Crippen molar-refractivity contribution >= 4 is 17.7 Å². The van der Waals surface area contributed by atoms with E-state index in [1.807, 2.05) is 32.2 Å². The maximum Gasteiger partial charge on any atom is 0.223 e. The molecule has 0 aliphatic heterocycles. The maximum atomic E-state index is 5.26. The number of nitrogens with one attached hydrogen (secondary N) is 1. The summed E-state index contributed by atoms with van der Waals surface area (Å²) in [5, 5.41) is 3.89. The van der Waals surface area contributed by atoms with Gasteiger partial charge in [0.25, 0.3) is 0 Å². The molecule has 2 aromatic rings. The molecule has 2 heterocycles. The van der Waals surface area contributed by atoms with E-state index in [-0.39, 0.29) is 0 Å². The molecule has 5 heteroatoms. The summed E-state index contributed by atoms with van der Waals surface area (Å²) >= 11 is 1.64. The van der Waals surface area contributed by atoms with Gasteiger partial charge in [-0.3, -0.25) is 0 Å². The Morgan fingerprint density at radius 3 is 3.00 bits per heavy atom. The van der Waals surface area contributed by atoms with Crippen molar-refractivity contribution in [3.05, 3.63) is 35.9 Å². The van der Waals surface area contributed by atoms with E-state index in [4.69, 9.17) is 4.42 Å². The zero-order chi connectivity index (χ0) is 11.4. The average Bonchev–Trinajstić information content (AvgIpc) is 2.78. The Labute approximate surface area is 98.5 Å².